The van der Waals surface area contributed by atoms with Gasteiger partial charge in [-0.05, 0) is 45.3 Å². The Kier molecular flexibility index (Phi) is 16.8. The summed E-state index contributed by atoms with van der Waals surface area (Å²) < 4.78 is 88.6. The van der Waals surface area contributed by atoms with Crippen molar-refractivity contribution in [3.8, 4) is 0 Å². The van der Waals surface area contributed by atoms with Crippen molar-refractivity contribution in [1.29, 1.82) is 0 Å². The molecule has 0 N–H and O–H groups in total. The molecule has 0 unspecified atom stereocenters. The highest BCUT2D eigenvalue weighted by Gasteiger charge is 2.44. The van der Waals surface area contributed by atoms with E-state index >= 15 is 0 Å². The molecular weight excluding hydrogens is 545 g/mol. The van der Waals surface area contributed by atoms with E-state index in [0.717, 1.165) is 18.9 Å². The average molecular weight is 575 g/mol. The maximum Gasteiger partial charge on any atom is 0.532 e. The van der Waals surface area contributed by atoms with Crippen molar-refractivity contribution in [3.63, 3.8) is 0 Å². The zero-order valence-electron chi connectivity index (χ0n) is 18.0. The molecule has 0 bridgehead atoms. The van der Waals surface area contributed by atoms with E-state index in [-0.39, 0.29) is 0 Å². The lowest BCUT2D eigenvalue weighted by Gasteiger charge is -2.22. The van der Waals surface area contributed by atoms with Gasteiger partial charge in [0.05, 0.1) is 0 Å². The molecule has 0 rings (SSSR count). The number of hydrogen-bond donors (Lipinski definition) is 0. The molecule has 9 nitrogen and oxygen atoms in total. The van der Waals surface area contributed by atoms with E-state index in [2.05, 4.69) is 6.92 Å². The van der Waals surface area contributed by atoms with Crippen LogP contribution in [0.3, 0.4) is 0 Å². The minimum absolute atomic E-state index is 0.920. The van der Waals surface area contributed by atoms with Gasteiger partial charge in [-0.25, -0.2) is 0 Å². The Balaban J connectivity index is 0. The van der Waals surface area contributed by atoms with Gasteiger partial charge in [-0.15, -0.1) is 0 Å². The van der Waals surface area contributed by atoms with Crippen molar-refractivity contribution in [2.24, 2.45) is 0 Å². The topological polar surface area (TPSA) is 138 Å². The Morgan fingerprint density at radius 3 is 1.76 bits per heavy atom. The van der Waals surface area contributed by atoms with Crippen molar-refractivity contribution in [2.75, 3.05) is 0 Å². The lowest BCUT2D eigenvalue weighted by molar-refractivity contribution is 0.457. The number of rotatable bonds is 13. The van der Waals surface area contributed by atoms with Crippen LogP contribution in [0, 0.1) is 0 Å². The molecular formula is C10H30O9Si10. The van der Waals surface area contributed by atoms with E-state index in [1.165, 1.54) is 0 Å². The van der Waals surface area contributed by atoms with Crippen LogP contribution in [0.25, 0.3) is 0 Å². The van der Waals surface area contributed by atoms with E-state index in [9.17, 15) is 31.2 Å². The van der Waals surface area contributed by atoms with Crippen LogP contribution >= 0.6 is 0 Å². The van der Waals surface area contributed by atoms with Gasteiger partial charge in [-0.1, -0.05) is 19.8 Å². The molecule has 0 spiro atoms. The fourth-order valence-electron chi connectivity index (χ4n) is 2.08. The fourth-order valence-corrected chi connectivity index (χ4v) is 54.1. The largest absolute Gasteiger partial charge is 0.578 e. The van der Waals surface area contributed by atoms with Crippen LogP contribution in [0.1, 0.15) is 19.8 Å². The second-order valence-electron chi connectivity index (χ2n) is 7.55. The molecule has 0 aliphatic rings. The van der Waals surface area contributed by atoms with E-state index in [4.69, 9.17) is 8.23 Å². The highest BCUT2D eigenvalue weighted by atomic mass is 29.9. The van der Waals surface area contributed by atoms with Crippen LogP contribution in [0.2, 0.25) is 45.3 Å². The summed E-state index contributed by atoms with van der Waals surface area (Å²) in [4.78, 5) is 0. The number of hydrogen-bond acceptors (Lipinski definition) is 9. The van der Waals surface area contributed by atoms with Gasteiger partial charge in [0.2, 0.25) is 16.2 Å². The molecule has 0 aliphatic carbocycles. The standard InChI is InChI=1S/C6H16O4Si4.C4H14O5Si6/c1-4-5-6-14(2,3)10-12(8)13(9)11-7;1-11(2)9-15(3,4)14(8)13(7)12(6)10-5/h11H,4-6H2,1-3H3;10-11H,1-4H3. The monoisotopic (exact) mass is 574 g/mol. The Bertz CT molecular complexity index is 662. The zero-order chi connectivity index (χ0) is 23.4. The number of unbranched alkanes of at least 4 members (excludes halogenated alkanes) is 1. The Labute approximate surface area is 186 Å². The van der Waals surface area contributed by atoms with Gasteiger partial charge in [-0.3, -0.25) is 0 Å². The first-order valence-corrected chi connectivity index (χ1v) is 33.4. The lowest BCUT2D eigenvalue weighted by atomic mass is 10.4. The van der Waals surface area contributed by atoms with Crippen LogP contribution < -0.4 is 0 Å². The van der Waals surface area contributed by atoms with Crippen LogP contribution in [-0.2, 0) is 39.5 Å². The maximum absolute atomic E-state index is 11.9. The molecule has 164 valence electrons. The summed E-state index contributed by atoms with van der Waals surface area (Å²) in [6.45, 7) is 13.4. The van der Waals surface area contributed by atoms with Gasteiger partial charge in [0.25, 0.3) is 0 Å². The summed E-state index contributed by atoms with van der Waals surface area (Å²) in [5.41, 5.74) is 0. The molecule has 29 heavy (non-hydrogen) atoms. The van der Waals surface area contributed by atoms with Crippen molar-refractivity contribution in [1.82, 2.24) is 0 Å². The maximum atomic E-state index is 11.9. The van der Waals surface area contributed by atoms with Gasteiger partial charge >= 0.3 is 57.2 Å². The zero-order valence-corrected chi connectivity index (χ0v) is 28.5. The smallest absolute Gasteiger partial charge is 0.532 e. The predicted molar refractivity (Wildman–Crippen MR) is 124 cm³/mol. The molecule has 0 aromatic carbocycles. The van der Waals surface area contributed by atoms with Crippen molar-refractivity contribution < 1.29 is 39.5 Å². The summed E-state index contributed by atoms with van der Waals surface area (Å²) in [6, 6.07) is 0.920. The van der Waals surface area contributed by atoms with Crippen molar-refractivity contribution in [2.45, 2.75) is 65.1 Å². The third kappa shape index (κ3) is 14.3. The van der Waals surface area contributed by atoms with Gasteiger partial charge in [0.1, 0.15) is 0 Å². The molecule has 0 radical (unpaired) electrons. The van der Waals surface area contributed by atoms with Crippen molar-refractivity contribution >= 4 is 82.4 Å². The Morgan fingerprint density at radius 1 is 0.897 bits per heavy atom. The van der Waals surface area contributed by atoms with Crippen LogP contribution in [-0.4, -0.2) is 82.4 Å². The lowest BCUT2D eigenvalue weighted by Crippen LogP contribution is -2.54. The molecule has 0 atom stereocenters. The van der Waals surface area contributed by atoms with Gasteiger partial charge in [0.15, 0.2) is 9.04 Å². The highest BCUT2D eigenvalue weighted by molar-refractivity contribution is 7.62. The normalized spacial score (nSPS) is 11.0. The molecule has 0 fully saturated rings. The van der Waals surface area contributed by atoms with Crippen LogP contribution in [0.4, 0.5) is 0 Å². The first-order valence-electron chi connectivity index (χ1n) is 9.13. The fraction of sp³-hybridized carbons (Fsp3) is 1.00. The van der Waals surface area contributed by atoms with Crippen molar-refractivity contribution in [3.05, 3.63) is 0 Å². The summed E-state index contributed by atoms with van der Waals surface area (Å²) >= 11 is 0. The van der Waals surface area contributed by atoms with Crippen LogP contribution in [0.15, 0.2) is 0 Å². The first kappa shape index (κ1) is 31.7. The Morgan fingerprint density at radius 2 is 1.38 bits per heavy atom. The molecule has 0 heterocycles. The second-order valence-corrected chi connectivity index (χ2v) is 46.5. The van der Waals surface area contributed by atoms with E-state index in [1.807, 2.05) is 26.2 Å². The van der Waals surface area contributed by atoms with E-state index < -0.39 is 82.4 Å². The summed E-state index contributed by atoms with van der Waals surface area (Å²) in [5, 5.41) is 0. The summed E-state index contributed by atoms with van der Waals surface area (Å²) in [6.07, 6.45) is 2.11. The predicted octanol–water partition coefficient (Wildman–Crippen LogP) is -0.323. The molecule has 0 amide bonds. The SMILES string of the molecule is CCCC[Si](C)(C)O[Si](=O)[Si](=O)[SiH]=O.C[SiH](C)O[Si](C)(C)[Si](=O)[Si](=O)[Si](=O)[SiH]=O. The quantitative estimate of drug-likeness (QED) is 0.271. The molecule has 0 saturated carbocycles. The molecule has 0 aromatic heterocycles. The third-order valence-electron chi connectivity index (χ3n) is 3.42. The van der Waals surface area contributed by atoms with Gasteiger partial charge in [-0.2, -0.15) is 0 Å². The third-order valence-corrected chi connectivity index (χ3v) is 48.5. The summed E-state index contributed by atoms with van der Waals surface area (Å²) in [7, 11) is -21.4. The van der Waals surface area contributed by atoms with Gasteiger partial charge < -0.3 is 39.5 Å². The molecule has 0 saturated heterocycles. The van der Waals surface area contributed by atoms with E-state index in [1.54, 1.807) is 13.1 Å². The summed E-state index contributed by atoms with van der Waals surface area (Å²) in [5.74, 6) is 0. The van der Waals surface area contributed by atoms with Gasteiger partial charge in [0, 0.05) is 0 Å². The molecule has 19 heteroatoms. The highest BCUT2D eigenvalue weighted by Crippen LogP contribution is 2.14. The minimum atomic E-state index is -2.67. The molecule has 0 aliphatic heterocycles. The average Bonchev–Trinajstić information content (AvgIpc) is 2.62. The van der Waals surface area contributed by atoms with Crippen LogP contribution in [0.5, 0.6) is 0 Å². The second kappa shape index (κ2) is 15.4. The molecule has 0 aromatic rings. The Hall–Kier alpha value is 0.529. The van der Waals surface area contributed by atoms with E-state index in [0.29, 0.717) is 0 Å². The minimum Gasteiger partial charge on any atom is -0.578 e. The first-order chi connectivity index (χ1) is 13.1.